The van der Waals surface area contributed by atoms with Gasteiger partial charge in [0.25, 0.3) is 5.91 Å². The Bertz CT molecular complexity index is 606. The van der Waals surface area contributed by atoms with Crippen LogP contribution in [0.25, 0.3) is 0 Å². The minimum atomic E-state index is -0.0640. The number of benzene rings is 1. The van der Waals surface area contributed by atoms with Gasteiger partial charge in [-0.1, -0.05) is 18.2 Å². The molecule has 1 heterocycles. The van der Waals surface area contributed by atoms with Crippen molar-refractivity contribution in [3.8, 4) is 0 Å². The molecule has 0 fully saturated rings. The SMILES string of the molecule is CC(=O)NCc1ccc(C(=O)N(C)Cc2cccs2)cc1. The van der Waals surface area contributed by atoms with E-state index in [0.29, 0.717) is 18.7 Å². The van der Waals surface area contributed by atoms with Gasteiger partial charge in [0.2, 0.25) is 5.91 Å². The van der Waals surface area contributed by atoms with E-state index in [4.69, 9.17) is 0 Å². The number of nitrogens with one attached hydrogen (secondary N) is 1. The van der Waals surface area contributed by atoms with E-state index in [2.05, 4.69) is 5.32 Å². The van der Waals surface area contributed by atoms with Gasteiger partial charge >= 0.3 is 0 Å². The molecule has 1 aromatic carbocycles. The van der Waals surface area contributed by atoms with Crippen molar-refractivity contribution in [2.24, 2.45) is 0 Å². The fourth-order valence-electron chi connectivity index (χ4n) is 1.92. The fourth-order valence-corrected chi connectivity index (χ4v) is 2.68. The summed E-state index contributed by atoms with van der Waals surface area (Å²) in [5.41, 5.74) is 1.63. The minimum absolute atomic E-state index is 0.00511. The highest BCUT2D eigenvalue weighted by atomic mass is 32.1. The highest BCUT2D eigenvalue weighted by Crippen LogP contribution is 2.13. The Morgan fingerprint density at radius 3 is 2.48 bits per heavy atom. The molecule has 0 aliphatic rings. The molecule has 2 amide bonds. The molecule has 0 atom stereocenters. The quantitative estimate of drug-likeness (QED) is 0.923. The number of carbonyl (C=O) groups excluding carboxylic acids is 2. The first-order valence-corrected chi connectivity index (χ1v) is 7.55. The van der Waals surface area contributed by atoms with Crippen molar-refractivity contribution in [1.29, 1.82) is 0 Å². The zero-order valence-electron chi connectivity index (χ0n) is 12.1. The van der Waals surface area contributed by atoms with E-state index in [9.17, 15) is 9.59 Å². The lowest BCUT2D eigenvalue weighted by Crippen LogP contribution is -2.25. The lowest BCUT2D eigenvalue weighted by Gasteiger charge is -2.16. The van der Waals surface area contributed by atoms with Crippen molar-refractivity contribution < 1.29 is 9.59 Å². The smallest absolute Gasteiger partial charge is 0.253 e. The Labute approximate surface area is 128 Å². The van der Waals surface area contributed by atoms with Crippen LogP contribution in [-0.2, 0) is 17.9 Å². The molecule has 2 aromatic rings. The molecule has 1 aromatic heterocycles. The minimum Gasteiger partial charge on any atom is -0.352 e. The van der Waals surface area contributed by atoms with E-state index < -0.39 is 0 Å². The molecule has 21 heavy (non-hydrogen) atoms. The maximum Gasteiger partial charge on any atom is 0.253 e. The molecule has 0 saturated heterocycles. The van der Waals surface area contributed by atoms with Crippen molar-refractivity contribution >= 4 is 23.2 Å². The second kappa shape index (κ2) is 7.04. The molecular weight excluding hydrogens is 284 g/mol. The van der Waals surface area contributed by atoms with Gasteiger partial charge in [0.05, 0.1) is 6.54 Å². The fraction of sp³-hybridized carbons (Fsp3) is 0.250. The molecule has 1 N–H and O–H groups in total. The van der Waals surface area contributed by atoms with Crippen LogP contribution < -0.4 is 5.32 Å². The lowest BCUT2D eigenvalue weighted by atomic mass is 10.1. The van der Waals surface area contributed by atoms with E-state index in [1.54, 1.807) is 35.4 Å². The van der Waals surface area contributed by atoms with Gasteiger partial charge in [0.1, 0.15) is 0 Å². The Morgan fingerprint density at radius 2 is 1.90 bits per heavy atom. The molecule has 4 nitrogen and oxygen atoms in total. The monoisotopic (exact) mass is 302 g/mol. The maximum absolute atomic E-state index is 12.3. The highest BCUT2D eigenvalue weighted by Gasteiger charge is 2.12. The largest absolute Gasteiger partial charge is 0.352 e. The van der Waals surface area contributed by atoms with Crippen LogP contribution in [0.1, 0.15) is 27.7 Å². The summed E-state index contributed by atoms with van der Waals surface area (Å²) in [6.07, 6.45) is 0. The van der Waals surface area contributed by atoms with E-state index in [0.717, 1.165) is 10.4 Å². The third-order valence-electron chi connectivity index (χ3n) is 3.06. The number of hydrogen-bond acceptors (Lipinski definition) is 3. The molecule has 110 valence electrons. The van der Waals surface area contributed by atoms with Crippen LogP contribution in [0.2, 0.25) is 0 Å². The van der Waals surface area contributed by atoms with Crippen LogP contribution in [0.3, 0.4) is 0 Å². The van der Waals surface area contributed by atoms with E-state index in [1.165, 1.54) is 6.92 Å². The van der Waals surface area contributed by atoms with E-state index in [-0.39, 0.29) is 11.8 Å². The summed E-state index contributed by atoms with van der Waals surface area (Å²) in [5, 5.41) is 4.73. The Balaban J connectivity index is 1.97. The van der Waals surface area contributed by atoms with Gasteiger partial charge < -0.3 is 10.2 Å². The third-order valence-corrected chi connectivity index (χ3v) is 3.92. The first-order chi connectivity index (χ1) is 10.1. The molecule has 0 bridgehead atoms. The first-order valence-electron chi connectivity index (χ1n) is 6.67. The predicted molar refractivity (Wildman–Crippen MR) is 84.1 cm³/mol. The molecular formula is C16H18N2O2S. The summed E-state index contributed by atoms with van der Waals surface area (Å²) in [4.78, 5) is 26.0. The first kappa shape index (κ1) is 15.3. The summed E-state index contributed by atoms with van der Waals surface area (Å²) >= 11 is 1.64. The number of rotatable bonds is 5. The molecule has 0 spiro atoms. The number of nitrogens with zero attached hydrogens (tertiary/aromatic N) is 1. The molecule has 5 heteroatoms. The van der Waals surface area contributed by atoms with Crippen LogP contribution in [-0.4, -0.2) is 23.8 Å². The van der Waals surface area contributed by atoms with Gasteiger partial charge in [-0.25, -0.2) is 0 Å². The van der Waals surface area contributed by atoms with Gasteiger partial charge in [0.15, 0.2) is 0 Å². The normalized spacial score (nSPS) is 10.2. The average molecular weight is 302 g/mol. The average Bonchev–Trinajstić information content (AvgIpc) is 2.97. The van der Waals surface area contributed by atoms with Gasteiger partial charge in [-0.2, -0.15) is 0 Å². The summed E-state index contributed by atoms with van der Waals surface area (Å²) in [7, 11) is 1.80. The van der Waals surface area contributed by atoms with Crippen LogP contribution in [0.15, 0.2) is 41.8 Å². The molecule has 0 saturated carbocycles. The van der Waals surface area contributed by atoms with Crippen molar-refractivity contribution in [2.45, 2.75) is 20.0 Å². The van der Waals surface area contributed by atoms with Gasteiger partial charge in [-0.3, -0.25) is 9.59 Å². The molecule has 0 unspecified atom stereocenters. The van der Waals surface area contributed by atoms with Gasteiger partial charge in [-0.05, 0) is 29.1 Å². The third kappa shape index (κ3) is 4.43. The standard InChI is InChI=1S/C16H18N2O2S/c1-12(19)17-10-13-5-7-14(8-6-13)16(20)18(2)11-15-4-3-9-21-15/h3-9H,10-11H2,1-2H3,(H,17,19). The number of amides is 2. The van der Waals surface area contributed by atoms with Crippen LogP contribution in [0, 0.1) is 0 Å². The van der Waals surface area contributed by atoms with Crippen molar-refractivity contribution in [2.75, 3.05) is 7.05 Å². The van der Waals surface area contributed by atoms with Crippen molar-refractivity contribution in [3.05, 3.63) is 57.8 Å². The van der Waals surface area contributed by atoms with Gasteiger partial charge in [0, 0.05) is 31.0 Å². The zero-order valence-corrected chi connectivity index (χ0v) is 12.9. The van der Waals surface area contributed by atoms with E-state index in [1.807, 2.05) is 29.6 Å². The summed E-state index contributed by atoms with van der Waals surface area (Å²) in [6, 6.07) is 11.3. The molecule has 0 aliphatic heterocycles. The second-order valence-electron chi connectivity index (χ2n) is 4.85. The molecule has 0 radical (unpaired) electrons. The summed E-state index contributed by atoms with van der Waals surface area (Å²) in [5.74, 6) is -0.0692. The Hall–Kier alpha value is -2.14. The molecule has 0 aliphatic carbocycles. The zero-order chi connectivity index (χ0) is 15.2. The summed E-state index contributed by atoms with van der Waals surface area (Å²) < 4.78 is 0. The van der Waals surface area contributed by atoms with Crippen LogP contribution in [0.5, 0.6) is 0 Å². The van der Waals surface area contributed by atoms with E-state index >= 15 is 0 Å². The maximum atomic E-state index is 12.3. The second-order valence-corrected chi connectivity index (χ2v) is 5.88. The van der Waals surface area contributed by atoms with Crippen molar-refractivity contribution in [3.63, 3.8) is 0 Å². The lowest BCUT2D eigenvalue weighted by molar-refractivity contribution is -0.119. The Morgan fingerprint density at radius 1 is 1.19 bits per heavy atom. The molecule has 2 rings (SSSR count). The Kier molecular flexibility index (Phi) is 5.11. The summed E-state index contributed by atoms with van der Waals surface area (Å²) in [6.45, 7) is 2.58. The number of hydrogen-bond donors (Lipinski definition) is 1. The van der Waals surface area contributed by atoms with Crippen LogP contribution in [0.4, 0.5) is 0 Å². The number of thiophene rings is 1. The van der Waals surface area contributed by atoms with Crippen molar-refractivity contribution in [1.82, 2.24) is 10.2 Å². The highest BCUT2D eigenvalue weighted by molar-refractivity contribution is 7.09. The van der Waals surface area contributed by atoms with Gasteiger partial charge in [-0.15, -0.1) is 11.3 Å². The van der Waals surface area contributed by atoms with Crippen LogP contribution >= 0.6 is 11.3 Å². The predicted octanol–water partition coefficient (Wildman–Crippen LogP) is 2.66. The number of carbonyl (C=O) groups is 2. The topological polar surface area (TPSA) is 49.4 Å².